The molecule has 0 bridgehead atoms. The molecule has 0 saturated heterocycles. The summed E-state index contributed by atoms with van der Waals surface area (Å²) in [6.07, 6.45) is 1.05. The highest BCUT2D eigenvalue weighted by Crippen LogP contribution is 2.29. The maximum atomic E-state index is 5.74. The second-order valence-corrected chi connectivity index (χ2v) is 5.89. The Morgan fingerprint density at radius 2 is 1.67 bits per heavy atom. The normalized spacial score (nSPS) is 10.7. The van der Waals surface area contributed by atoms with Gasteiger partial charge in [-0.1, -0.05) is 24.3 Å². The molecule has 2 rings (SSSR count). The predicted octanol–water partition coefficient (Wildman–Crippen LogP) is 3.82. The van der Waals surface area contributed by atoms with Gasteiger partial charge in [0, 0.05) is 6.54 Å². The third kappa shape index (κ3) is 5.17. The van der Waals surface area contributed by atoms with E-state index in [2.05, 4.69) is 17.4 Å². The number of rotatable bonds is 9. The molecule has 0 aliphatic rings. The fraction of sp³-hybridized carbons (Fsp3) is 0.400. The summed E-state index contributed by atoms with van der Waals surface area (Å²) < 4.78 is 16.5. The Balaban J connectivity index is 1.88. The Kier molecular flexibility index (Phi) is 6.94. The zero-order valence-corrected chi connectivity index (χ0v) is 15.0. The van der Waals surface area contributed by atoms with Gasteiger partial charge in [-0.2, -0.15) is 0 Å². The van der Waals surface area contributed by atoms with E-state index in [1.54, 1.807) is 14.2 Å². The van der Waals surface area contributed by atoms with Gasteiger partial charge in [0.1, 0.15) is 5.75 Å². The SMILES string of the molecule is COc1ccccc1CCNCc1ccc(OC(C)C)c(OC)c1. The smallest absolute Gasteiger partial charge is 0.161 e. The molecule has 0 atom stereocenters. The molecule has 1 N–H and O–H groups in total. The highest BCUT2D eigenvalue weighted by molar-refractivity contribution is 5.43. The van der Waals surface area contributed by atoms with E-state index >= 15 is 0 Å². The molecule has 0 radical (unpaired) electrons. The van der Waals surface area contributed by atoms with Crippen LogP contribution in [0.5, 0.6) is 17.2 Å². The van der Waals surface area contributed by atoms with Crippen molar-refractivity contribution < 1.29 is 14.2 Å². The molecule has 4 heteroatoms. The molecule has 0 unspecified atom stereocenters. The van der Waals surface area contributed by atoms with Crippen molar-refractivity contribution in [3.8, 4) is 17.2 Å². The largest absolute Gasteiger partial charge is 0.496 e. The Morgan fingerprint density at radius 3 is 2.38 bits per heavy atom. The number of benzene rings is 2. The Hall–Kier alpha value is -2.20. The number of hydrogen-bond donors (Lipinski definition) is 1. The van der Waals surface area contributed by atoms with Crippen molar-refractivity contribution in [3.05, 3.63) is 53.6 Å². The molecule has 0 aliphatic carbocycles. The van der Waals surface area contributed by atoms with Crippen LogP contribution in [0.3, 0.4) is 0 Å². The Labute approximate surface area is 144 Å². The Morgan fingerprint density at radius 1 is 0.917 bits per heavy atom. The molecule has 0 amide bonds. The van der Waals surface area contributed by atoms with Gasteiger partial charge >= 0.3 is 0 Å². The standard InChI is InChI=1S/C20H27NO3/c1-15(2)24-19-10-9-16(13-20(19)23-4)14-21-12-11-17-7-5-6-8-18(17)22-3/h5-10,13,15,21H,11-12,14H2,1-4H3. The van der Waals surface area contributed by atoms with E-state index in [4.69, 9.17) is 14.2 Å². The van der Waals surface area contributed by atoms with Gasteiger partial charge in [-0.15, -0.1) is 0 Å². The van der Waals surface area contributed by atoms with Crippen molar-refractivity contribution in [2.24, 2.45) is 0 Å². The zero-order valence-electron chi connectivity index (χ0n) is 15.0. The molecule has 0 spiro atoms. The molecule has 0 heterocycles. The van der Waals surface area contributed by atoms with E-state index in [0.29, 0.717) is 0 Å². The lowest BCUT2D eigenvalue weighted by Gasteiger charge is -2.15. The van der Waals surface area contributed by atoms with Crippen LogP contribution in [-0.4, -0.2) is 26.9 Å². The molecule has 130 valence electrons. The zero-order chi connectivity index (χ0) is 17.4. The third-order valence-corrected chi connectivity index (χ3v) is 3.68. The van der Waals surface area contributed by atoms with Crippen LogP contribution in [-0.2, 0) is 13.0 Å². The monoisotopic (exact) mass is 329 g/mol. The van der Waals surface area contributed by atoms with Crippen LogP contribution in [0, 0.1) is 0 Å². The number of methoxy groups -OCH3 is 2. The van der Waals surface area contributed by atoms with E-state index in [-0.39, 0.29) is 6.10 Å². The molecule has 0 aliphatic heterocycles. The summed E-state index contributed by atoms with van der Waals surface area (Å²) in [5, 5.41) is 3.46. The van der Waals surface area contributed by atoms with Crippen molar-refractivity contribution in [3.63, 3.8) is 0 Å². The second kappa shape index (κ2) is 9.18. The van der Waals surface area contributed by atoms with Gasteiger partial charge in [-0.25, -0.2) is 0 Å². The van der Waals surface area contributed by atoms with Gasteiger partial charge in [0.2, 0.25) is 0 Å². The third-order valence-electron chi connectivity index (χ3n) is 3.68. The van der Waals surface area contributed by atoms with Gasteiger partial charge in [0.05, 0.1) is 20.3 Å². The van der Waals surface area contributed by atoms with Crippen molar-refractivity contribution in [2.45, 2.75) is 32.9 Å². The maximum absolute atomic E-state index is 5.74. The van der Waals surface area contributed by atoms with E-state index < -0.39 is 0 Å². The fourth-order valence-electron chi connectivity index (χ4n) is 2.54. The van der Waals surface area contributed by atoms with E-state index in [0.717, 1.165) is 36.8 Å². The van der Waals surface area contributed by atoms with Crippen LogP contribution in [0.1, 0.15) is 25.0 Å². The van der Waals surface area contributed by atoms with Crippen LogP contribution in [0.25, 0.3) is 0 Å². The lowest BCUT2D eigenvalue weighted by Crippen LogP contribution is -2.17. The molecule has 0 fully saturated rings. The van der Waals surface area contributed by atoms with Crippen LogP contribution < -0.4 is 19.5 Å². The van der Waals surface area contributed by atoms with E-state index in [1.165, 1.54) is 11.1 Å². The predicted molar refractivity (Wildman–Crippen MR) is 97.2 cm³/mol. The summed E-state index contributed by atoms with van der Waals surface area (Å²) in [5.74, 6) is 2.49. The van der Waals surface area contributed by atoms with E-state index in [9.17, 15) is 0 Å². The minimum atomic E-state index is 0.128. The van der Waals surface area contributed by atoms with Gasteiger partial charge in [0.15, 0.2) is 11.5 Å². The van der Waals surface area contributed by atoms with Crippen molar-refractivity contribution in [1.29, 1.82) is 0 Å². The average molecular weight is 329 g/mol. The molecular formula is C20H27NO3. The average Bonchev–Trinajstić information content (AvgIpc) is 2.59. The van der Waals surface area contributed by atoms with Gasteiger partial charge in [0.25, 0.3) is 0 Å². The number of hydrogen-bond acceptors (Lipinski definition) is 4. The molecule has 24 heavy (non-hydrogen) atoms. The first-order valence-electron chi connectivity index (χ1n) is 8.30. The van der Waals surface area contributed by atoms with Crippen LogP contribution in [0.2, 0.25) is 0 Å². The minimum absolute atomic E-state index is 0.128. The lowest BCUT2D eigenvalue weighted by atomic mass is 10.1. The fourth-order valence-corrected chi connectivity index (χ4v) is 2.54. The minimum Gasteiger partial charge on any atom is -0.496 e. The summed E-state index contributed by atoms with van der Waals surface area (Å²) in [5.41, 5.74) is 2.38. The summed E-state index contributed by atoms with van der Waals surface area (Å²) in [4.78, 5) is 0. The molecular weight excluding hydrogens is 302 g/mol. The highest BCUT2D eigenvalue weighted by atomic mass is 16.5. The maximum Gasteiger partial charge on any atom is 0.161 e. The molecule has 4 nitrogen and oxygen atoms in total. The van der Waals surface area contributed by atoms with Gasteiger partial charge in [-0.3, -0.25) is 0 Å². The van der Waals surface area contributed by atoms with Crippen molar-refractivity contribution in [1.82, 2.24) is 5.32 Å². The van der Waals surface area contributed by atoms with E-state index in [1.807, 2.05) is 44.2 Å². The first-order chi connectivity index (χ1) is 11.6. The lowest BCUT2D eigenvalue weighted by molar-refractivity contribution is 0.230. The number of ether oxygens (including phenoxy) is 3. The summed E-state index contributed by atoms with van der Waals surface area (Å²) in [6.45, 7) is 5.68. The summed E-state index contributed by atoms with van der Waals surface area (Å²) in [7, 11) is 3.38. The molecule has 2 aromatic rings. The molecule has 2 aromatic carbocycles. The van der Waals surface area contributed by atoms with Crippen LogP contribution >= 0.6 is 0 Å². The first-order valence-corrected chi connectivity index (χ1v) is 8.30. The first kappa shape index (κ1) is 18.1. The summed E-state index contributed by atoms with van der Waals surface area (Å²) >= 11 is 0. The Bertz CT molecular complexity index is 641. The second-order valence-electron chi connectivity index (χ2n) is 5.89. The highest BCUT2D eigenvalue weighted by Gasteiger charge is 2.07. The number of para-hydroxylation sites is 1. The van der Waals surface area contributed by atoms with Gasteiger partial charge < -0.3 is 19.5 Å². The topological polar surface area (TPSA) is 39.7 Å². The quantitative estimate of drug-likeness (QED) is 0.710. The molecule has 0 saturated carbocycles. The van der Waals surface area contributed by atoms with Crippen molar-refractivity contribution >= 4 is 0 Å². The van der Waals surface area contributed by atoms with Crippen molar-refractivity contribution in [2.75, 3.05) is 20.8 Å². The van der Waals surface area contributed by atoms with Crippen LogP contribution in [0.4, 0.5) is 0 Å². The van der Waals surface area contributed by atoms with Crippen LogP contribution in [0.15, 0.2) is 42.5 Å². The number of nitrogens with one attached hydrogen (secondary N) is 1. The van der Waals surface area contributed by atoms with Gasteiger partial charge in [-0.05, 0) is 56.1 Å². The molecule has 0 aromatic heterocycles. The summed E-state index contributed by atoms with van der Waals surface area (Å²) in [6, 6.07) is 14.2.